The highest BCUT2D eigenvalue weighted by Crippen LogP contribution is 2.15. The lowest BCUT2D eigenvalue weighted by Crippen LogP contribution is -2.45. The van der Waals surface area contributed by atoms with Crippen molar-refractivity contribution in [2.45, 2.75) is 25.8 Å². The molecule has 19 heavy (non-hydrogen) atoms. The zero-order valence-corrected chi connectivity index (χ0v) is 13.4. The summed E-state index contributed by atoms with van der Waals surface area (Å²) in [5.74, 6) is -0.192. The number of carbonyl (C=O) groups excluding carboxylic acids is 1. The smallest absolute Gasteiger partial charge is 0.377 e. The van der Waals surface area contributed by atoms with Gasteiger partial charge in [-0.1, -0.05) is 13.5 Å². The Balaban J connectivity index is 4.23. The van der Waals surface area contributed by atoms with Crippen LogP contribution in [0, 0.1) is 0 Å². The third-order valence-corrected chi connectivity index (χ3v) is 5.62. The molecule has 0 aliphatic carbocycles. The Morgan fingerprint density at radius 3 is 2.26 bits per heavy atom. The summed E-state index contributed by atoms with van der Waals surface area (Å²) in [5, 5.41) is 1.88. The van der Waals surface area contributed by atoms with E-state index in [2.05, 4.69) is 18.9 Å². The lowest BCUT2D eigenvalue weighted by atomic mass is 10.4. The number of hydrogen-bond acceptors (Lipinski definition) is 5. The van der Waals surface area contributed by atoms with Crippen LogP contribution in [0.5, 0.6) is 0 Å². The van der Waals surface area contributed by atoms with E-state index in [1.54, 1.807) is 21.3 Å². The summed E-state index contributed by atoms with van der Waals surface area (Å²) in [6.07, 6.45) is 3.04. The van der Waals surface area contributed by atoms with Crippen LogP contribution in [0.15, 0.2) is 12.7 Å². The first kappa shape index (κ1) is 18.3. The Morgan fingerprint density at radius 1 is 1.26 bits per heavy atom. The van der Waals surface area contributed by atoms with Crippen LogP contribution in [0.1, 0.15) is 19.8 Å². The molecule has 0 radical (unpaired) electrons. The standard InChI is InChI=1S/C12H26N2O4Si/c1-6-9-14(13-12(15)7-2)10-8-11-19(16-3,17-4)18-5/h7H,2,6,8-11H2,1,3-5H3,(H,13,15). The van der Waals surface area contributed by atoms with Gasteiger partial charge in [-0.15, -0.1) is 0 Å². The molecular formula is C12H26N2O4Si. The molecule has 0 aliphatic rings. The molecule has 0 unspecified atom stereocenters. The SMILES string of the molecule is C=CC(=O)NN(CCC)CCC[Si](OC)(OC)OC. The molecular weight excluding hydrogens is 264 g/mol. The number of carbonyl (C=O) groups is 1. The fourth-order valence-corrected chi connectivity index (χ4v) is 3.44. The van der Waals surface area contributed by atoms with Crippen molar-refractivity contribution in [1.82, 2.24) is 10.4 Å². The van der Waals surface area contributed by atoms with Crippen LogP contribution in [0.3, 0.4) is 0 Å². The minimum absolute atomic E-state index is 0.192. The molecule has 0 aromatic rings. The van der Waals surface area contributed by atoms with E-state index in [1.165, 1.54) is 6.08 Å². The molecule has 6 nitrogen and oxygen atoms in total. The van der Waals surface area contributed by atoms with Gasteiger partial charge in [0.1, 0.15) is 0 Å². The molecule has 0 bridgehead atoms. The summed E-state index contributed by atoms with van der Waals surface area (Å²) in [4.78, 5) is 11.3. The van der Waals surface area contributed by atoms with E-state index in [0.717, 1.165) is 25.9 Å². The average molecular weight is 290 g/mol. The van der Waals surface area contributed by atoms with Crippen LogP contribution >= 0.6 is 0 Å². The van der Waals surface area contributed by atoms with Gasteiger partial charge in [-0.05, 0) is 18.9 Å². The van der Waals surface area contributed by atoms with Crippen molar-refractivity contribution in [1.29, 1.82) is 0 Å². The van der Waals surface area contributed by atoms with Gasteiger partial charge >= 0.3 is 8.80 Å². The molecule has 0 saturated heterocycles. The molecule has 0 spiro atoms. The monoisotopic (exact) mass is 290 g/mol. The zero-order chi connectivity index (χ0) is 14.7. The Labute approximate surface area is 117 Å². The van der Waals surface area contributed by atoms with Gasteiger partial charge in [-0.2, -0.15) is 0 Å². The fourth-order valence-electron chi connectivity index (χ4n) is 1.74. The highest BCUT2D eigenvalue weighted by molar-refractivity contribution is 6.60. The van der Waals surface area contributed by atoms with E-state index in [-0.39, 0.29) is 5.91 Å². The molecule has 0 aromatic heterocycles. The summed E-state index contributed by atoms with van der Waals surface area (Å²) < 4.78 is 16.1. The number of hydrogen-bond donors (Lipinski definition) is 1. The van der Waals surface area contributed by atoms with Crippen molar-refractivity contribution < 1.29 is 18.1 Å². The molecule has 7 heteroatoms. The summed E-state index contributed by atoms with van der Waals surface area (Å²) in [5.41, 5.74) is 2.78. The summed E-state index contributed by atoms with van der Waals surface area (Å²) in [6.45, 7) is 7.02. The van der Waals surface area contributed by atoms with Crippen molar-refractivity contribution in [2.75, 3.05) is 34.4 Å². The zero-order valence-electron chi connectivity index (χ0n) is 12.4. The molecule has 0 heterocycles. The number of nitrogens with one attached hydrogen (secondary N) is 1. The largest absolute Gasteiger partial charge is 0.500 e. The quantitative estimate of drug-likeness (QED) is 0.352. The maximum atomic E-state index is 11.3. The van der Waals surface area contributed by atoms with Gasteiger partial charge in [0.25, 0.3) is 5.91 Å². The lowest BCUT2D eigenvalue weighted by Gasteiger charge is -2.26. The van der Waals surface area contributed by atoms with Gasteiger partial charge in [0.15, 0.2) is 0 Å². The van der Waals surface area contributed by atoms with E-state index in [0.29, 0.717) is 6.04 Å². The van der Waals surface area contributed by atoms with E-state index < -0.39 is 8.80 Å². The van der Waals surface area contributed by atoms with Gasteiger partial charge in [-0.25, -0.2) is 5.01 Å². The second-order valence-corrected chi connectivity index (χ2v) is 7.16. The van der Waals surface area contributed by atoms with E-state index in [4.69, 9.17) is 13.3 Å². The van der Waals surface area contributed by atoms with Crippen LogP contribution in [0.2, 0.25) is 6.04 Å². The van der Waals surface area contributed by atoms with Crippen LogP contribution < -0.4 is 5.43 Å². The Bertz CT molecular complexity index is 264. The topological polar surface area (TPSA) is 60.0 Å². The van der Waals surface area contributed by atoms with Crippen molar-refractivity contribution >= 4 is 14.7 Å². The maximum Gasteiger partial charge on any atom is 0.500 e. The number of amides is 1. The second-order valence-electron chi connectivity index (χ2n) is 4.07. The molecule has 1 N–H and O–H groups in total. The van der Waals surface area contributed by atoms with Crippen molar-refractivity contribution in [2.24, 2.45) is 0 Å². The first-order valence-corrected chi connectivity index (χ1v) is 8.34. The van der Waals surface area contributed by atoms with E-state index >= 15 is 0 Å². The fraction of sp³-hybridized carbons (Fsp3) is 0.750. The van der Waals surface area contributed by atoms with Crippen LogP contribution in [0.4, 0.5) is 0 Å². The Kier molecular flexibility index (Phi) is 9.71. The average Bonchev–Trinajstić information content (AvgIpc) is 2.44. The Hall–Kier alpha value is -0.733. The highest BCUT2D eigenvalue weighted by atomic mass is 28.4. The summed E-state index contributed by atoms with van der Waals surface area (Å²) >= 11 is 0. The van der Waals surface area contributed by atoms with Crippen LogP contribution in [-0.4, -0.2) is 54.1 Å². The van der Waals surface area contributed by atoms with Gasteiger partial charge in [0, 0.05) is 40.5 Å². The van der Waals surface area contributed by atoms with Crippen LogP contribution in [0.25, 0.3) is 0 Å². The van der Waals surface area contributed by atoms with Crippen molar-refractivity contribution in [3.63, 3.8) is 0 Å². The molecule has 0 rings (SSSR count). The molecule has 1 amide bonds. The minimum Gasteiger partial charge on any atom is -0.377 e. The van der Waals surface area contributed by atoms with E-state index in [1.807, 2.05) is 5.01 Å². The molecule has 112 valence electrons. The van der Waals surface area contributed by atoms with Gasteiger partial charge < -0.3 is 13.3 Å². The Morgan fingerprint density at radius 2 is 1.84 bits per heavy atom. The minimum atomic E-state index is -2.51. The van der Waals surface area contributed by atoms with Crippen molar-refractivity contribution in [3.8, 4) is 0 Å². The third-order valence-electron chi connectivity index (χ3n) is 2.79. The first-order valence-electron chi connectivity index (χ1n) is 6.40. The number of hydrazine groups is 1. The molecule has 0 atom stereocenters. The van der Waals surface area contributed by atoms with Crippen LogP contribution in [-0.2, 0) is 18.1 Å². The third kappa shape index (κ3) is 6.83. The first-order chi connectivity index (χ1) is 9.07. The predicted molar refractivity (Wildman–Crippen MR) is 76.4 cm³/mol. The molecule has 0 aliphatic heterocycles. The number of nitrogens with zero attached hydrogens (tertiary/aromatic N) is 1. The molecule has 0 fully saturated rings. The predicted octanol–water partition coefficient (Wildman–Crippen LogP) is 1.18. The number of rotatable bonds is 11. The molecule has 0 aromatic carbocycles. The van der Waals surface area contributed by atoms with Crippen molar-refractivity contribution in [3.05, 3.63) is 12.7 Å². The van der Waals surface area contributed by atoms with Gasteiger partial charge in [-0.3, -0.25) is 10.2 Å². The molecule has 0 saturated carbocycles. The van der Waals surface area contributed by atoms with Gasteiger partial charge in [0.2, 0.25) is 0 Å². The maximum absolute atomic E-state index is 11.3. The summed E-state index contributed by atoms with van der Waals surface area (Å²) in [7, 11) is 2.28. The second kappa shape index (κ2) is 10.1. The van der Waals surface area contributed by atoms with E-state index in [9.17, 15) is 4.79 Å². The normalized spacial score (nSPS) is 11.6. The lowest BCUT2D eigenvalue weighted by molar-refractivity contribution is -0.121. The van der Waals surface area contributed by atoms with Gasteiger partial charge in [0.05, 0.1) is 0 Å². The highest BCUT2D eigenvalue weighted by Gasteiger charge is 2.37. The summed E-state index contributed by atoms with van der Waals surface area (Å²) in [6, 6.07) is 0.709.